The van der Waals surface area contributed by atoms with Crippen LogP contribution in [0, 0.1) is 0 Å². The van der Waals surface area contributed by atoms with Crippen LogP contribution >= 0.6 is 11.6 Å². The highest BCUT2D eigenvalue weighted by atomic mass is 35.5. The zero-order chi connectivity index (χ0) is 19.6. The molecule has 0 atom stereocenters. The number of benzene rings is 1. The minimum absolute atomic E-state index is 0.555. The van der Waals surface area contributed by atoms with Gasteiger partial charge in [-0.25, -0.2) is 0 Å². The number of rotatable bonds is 8. The molecule has 28 heavy (non-hydrogen) atoms. The fourth-order valence-corrected chi connectivity index (χ4v) is 3.80. The van der Waals surface area contributed by atoms with E-state index in [4.69, 9.17) is 22.1 Å². The second kappa shape index (κ2) is 11.5. The molecule has 2 aliphatic heterocycles. The molecule has 7 nitrogen and oxygen atoms in total. The van der Waals surface area contributed by atoms with Crippen LogP contribution in [-0.2, 0) is 4.74 Å². The molecule has 0 aromatic heterocycles. The second-order valence-electron chi connectivity index (χ2n) is 7.31. The molecule has 2 fully saturated rings. The molecule has 2 saturated heterocycles. The number of guanidine groups is 1. The smallest absolute Gasteiger partial charge is 0.188 e. The summed E-state index contributed by atoms with van der Waals surface area (Å²) in [7, 11) is 0. The van der Waals surface area contributed by atoms with Gasteiger partial charge in [0, 0.05) is 76.2 Å². The van der Waals surface area contributed by atoms with Gasteiger partial charge in [-0.3, -0.25) is 14.8 Å². The van der Waals surface area contributed by atoms with Crippen molar-refractivity contribution >= 4 is 23.2 Å². The summed E-state index contributed by atoms with van der Waals surface area (Å²) in [5.41, 5.74) is 7.19. The Hall–Kier alpha value is -1.54. The normalized spacial score (nSPS) is 19.8. The van der Waals surface area contributed by atoms with Gasteiger partial charge in [0.1, 0.15) is 0 Å². The van der Waals surface area contributed by atoms with Gasteiger partial charge in [0.15, 0.2) is 5.96 Å². The third-order valence-corrected chi connectivity index (χ3v) is 5.53. The van der Waals surface area contributed by atoms with Crippen molar-refractivity contribution in [2.45, 2.75) is 6.42 Å². The van der Waals surface area contributed by atoms with E-state index in [1.165, 1.54) is 5.69 Å². The van der Waals surface area contributed by atoms with E-state index >= 15 is 0 Å². The van der Waals surface area contributed by atoms with Crippen molar-refractivity contribution < 1.29 is 4.74 Å². The van der Waals surface area contributed by atoms with Crippen LogP contribution in [0.5, 0.6) is 0 Å². The van der Waals surface area contributed by atoms with Crippen LogP contribution in [0.4, 0.5) is 5.69 Å². The number of nitrogens with one attached hydrogen (secondary N) is 1. The van der Waals surface area contributed by atoms with E-state index in [1.54, 1.807) is 0 Å². The Morgan fingerprint density at radius 2 is 1.82 bits per heavy atom. The van der Waals surface area contributed by atoms with Crippen LogP contribution in [0.3, 0.4) is 0 Å². The molecule has 0 spiro atoms. The Balaban J connectivity index is 1.26. The lowest BCUT2D eigenvalue weighted by Gasteiger charge is -2.36. The Labute approximate surface area is 173 Å². The van der Waals surface area contributed by atoms with Gasteiger partial charge < -0.3 is 20.7 Å². The van der Waals surface area contributed by atoms with Crippen molar-refractivity contribution in [3.8, 4) is 0 Å². The molecule has 1 aromatic rings. The monoisotopic (exact) mass is 408 g/mol. The molecule has 2 heterocycles. The number of anilines is 1. The first-order valence-electron chi connectivity index (χ1n) is 10.3. The van der Waals surface area contributed by atoms with Gasteiger partial charge in [0.25, 0.3) is 0 Å². The third kappa shape index (κ3) is 7.13. The van der Waals surface area contributed by atoms with Gasteiger partial charge in [-0.2, -0.15) is 0 Å². The Bertz CT molecular complexity index is 614. The van der Waals surface area contributed by atoms with Crippen molar-refractivity contribution in [1.29, 1.82) is 0 Å². The SMILES string of the molecule is NC(=NCCCN1CCOCC1)NCCN1CCN(c2cccc(Cl)c2)CC1. The first-order valence-corrected chi connectivity index (χ1v) is 10.7. The van der Waals surface area contributed by atoms with Gasteiger partial charge in [-0.1, -0.05) is 17.7 Å². The van der Waals surface area contributed by atoms with E-state index in [2.05, 4.69) is 31.1 Å². The van der Waals surface area contributed by atoms with Crippen LogP contribution in [0.25, 0.3) is 0 Å². The second-order valence-corrected chi connectivity index (χ2v) is 7.75. The number of piperazine rings is 1. The molecule has 8 heteroatoms. The average Bonchev–Trinajstić information content (AvgIpc) is 2.72. The summed E-state index contributed by atoms with van der Waals surface area (Å²) < 4.78 is 5.36. The molecule has 0 radical (unpaired) electrons. The van der Waals surface area contributed by atoms with Crippen LogP contribution < -0.4 is 16.0 Å². The highest BCUT2D eigenvalue weighted by Crippen LogP contribution is 2.20. The summed E-state index contributed by atoms with van der Waals surface area (Å²) in [6.07, 6.45) is 1.04. The van der Waals surface area contributed by atoms with Crippen molar-refractivity contribution in [3.05, 3.63) is 29.3 Å². The lowest BCUT2D eigenvalue weighted by Crippen LogP contribution is -2.49. The lowest BCUT2D eigenvalue weighted by atomic mass is 10.2. The van der Waals surface area contributed by atoms with E-state index in [9.17, 15) is 0 Å². The summed E-state index contributed by atoms with van der Waals surface area (Å²) >= 11 is 6.10. The Morgan fingerprint density at radius 1 is 1.07 bits per heavy atom. The molecule has 3 N–H and O–H groups in total. The highest BCUT2D eigenvalue weighted by molar-refractivity contribution is 6.30. The first-order chi connectivity index (χ1) is 13.7. The van der Waals surface area contributed by atoms with E-state index in [1.807, 2.05) is 18.2 Å². The molecule has 0 amide bonds. The Kier molecular flexibility index (Phi) is 8.67. The summed E-state index contributed by atoms with van der Waals surface area (Å²) in [6, 6.07) is 8.09. The maximum Gasteiger partial charge on any atom is 0.188 e. The van der Waals surface area contributed by atoms with Crippen LogP contribution in [0.15, 0.2) is 29.3 Å². The fourth-order valence-electron chi connectivity index (χ4n) is 3.62. The number of nitrogens with two attached hydrogens (primary N) is 1. The zero-order valence-corrected chi connectivity index (χ0v) is 17.4. The molecule has 0 aliphatic carbocycles. The molecule has 3 rings (SSSR count). The standard InChI is InChI=1S/C20H33ClN6O/c21-18-3-1-4-19(17-18)27-11-9-26(10-12-27)8-6-24-20(22)23-5-2-7-25-13-15-28-16-14-25/h1,3-4,17H,2,5-16H2,(H3,22,23,24). The predicted octanol–water partition coefficient (Wildman–Crippen LogP) is 1.09. The highest BCUT2D eigenvalue weighted by Gasteiger charge is 2.17. The maximum absolute atomic E-state index is 6.10. The van der Waals surface area contributed by atoms with E-state index < -0.39 is 0 Å². The van der Waals surface area contributed by atoms with Crippen molar-refractivity contribution in [1.82, 2.24) is 15.1 Å². The topological polar surface area (TPSA) is 69.4 Å². The van der Waals surface area contributed by atoms with Gasteiger partial charge in [0.05, 0.1) is 13.2 Å². The quantitative estimate of drug-likeness (QED) is 0.381. The number of nitrogens with zero attached hydrogens (tertiary/aromatic N) is 4. The molecule has 0 bridgehead atoms. The molecule has 0 unspecified atom stereocenters. The van der Waals surface area contributed by atoms with Crippen molar-refractivity contribution in [2.24, 2.45) is 10.7 Å². The van der Waals surface area contributed by atoms with Gasteiger partial charge in [-0.05, 0) is 24.6 Å². The number of aliphatic imine (C=N–C) groups is 1. The zero-order valence-electron chi connectivity index (χ0n) is 16.7. The number of morpholine rings is 1. The minimum atomic E-state index is 0.555. The van der Waals surface area contributed by atoms with Crippen molar-refractivity contribution in [3.63, 3.8) is 0 Å². The van der Waals surface area contributed by atoms with Gasteiger partial charge in [-0.15, -0.1) is 0 Å². The Morgan fingerprint density at radius 3 is 2.57 bits per heavy atom. The van der Waals surface area contributed by atoms with Crippen LogP contribution in [-0.4, -0.2) is 94.4 Å². The van der Waals surface area contributed by atoms with E-state index in [0.29, 0.717) is 5.96 Å². The van der Waals surface area contributed by atoms with E-state index in [0.717, 1.165) is 90.1 Å². The van der Waals surface area contributed by atoms with Crippen molar-refractivity contribution in [2.75, 3.05) is 83.6 Å². The molecular weight excluding hydrogens is 376 g/mol. The summed E-state index contributed by atoms with van der Waals surface area (Å²) in [6.45, 7) is 11.5. The maximum atomic E-state index is 6.10. The summed E-state index contributed by atoms with van der Waals surface area (Å²) in [4.78, 5) is 11.7. The molecule has 156 valence electrons. The molecule has 2 aliphatic rings. The molecule has 1 aromatic carbocycles. The fraction of sp³-hybridized carbons (Fsp3) is 0.650. The lowest BCUT2D eigenvalue weighted by molar-refractivity contribution is 0.0377. The third-order valence-electron chi connectivity index (χ3n) is 5.30. The largest absolute Gasteiger partial charge is 0.379 e. The average molecular weight is 409 g/mol. The number of hydrogen-bond acceptors (Lipinski definition) is 5. The predicted molar refractivity (Wildman–Crippen MR) is 116 cm³/mol. The van der Waals surface area contributed by atoms with Crippen LogP contribution in [0.2, 0.25) is 5.02 Å². The number of ether oxygens (including phenoxy) is 1. The first kappa shape index (κ1) is 21.2. The summed E-state index contributed by atoms with van der Waals surface area (Å²) in [5, 5.41) is 4.04. The van der Waals surface area contributed by atoms with Gasteiger partial charge >= 0.3 is 0 Å². The molecular formula is C20H33ClN6O. The molecule has 0 saturated carbocycles. The minimum Gasteiger partial charge on any atom is -0.379 e. The van der Waals surface area contributed by atoms with Gasteiger partial charge in [0.2, 0.25) is 0 Å². The number of halogens is 1. The summed E-state index contributed by atoms with van der Waals surface area (Å²) in [5.74, 6) is 0.555. The van der Waals surface area contributed by atoms with E-state index in [-0.39, 0.29) is 0 Å². The number of hydrogen-bond donors (Lipinski definition) is 2. The van der Waals surface area contributed by atoms with Crippen LogP contribution in [0.1, 0.15) is 6.42 Å².